The van der Waals surface area contributed by atoms with Crippen molar-refractivity contribution in [3.63, 3.8) is 0 Å². The molecule has 1 rings (SSSR count). The zero-order valence-corrected chi connectivity index (χ0v) is 9.71. The van der Waals surface area contributed by atoms with Crippen LogP contribution >= 0.6 is 11.6 Å². The van der Waals surface area contributed by atoms with Crippen LogP contribution in [0.1, 0.15) is 22.9 Å². The van der Waals surface area contributed by atoms with E-state index < -0.39 is 11.8 Å². The molecule has 0 spiro atoms. The summed E-state index contributed by atoms with van der Waals surface area (Å²) in [6.07, 6.45) is -2.56. The molecule has 0 aromatic heterocycles. The molecule has 16 heavy (non-hydrogen) atoms. The van der Waals surface area contributed by atoms with Gasteiger partial charge in [0.25, 0.3) is 6.43 Å². The second-order valence-electron chi connectivity index (χ2n) is 3.57. The van der Waals surface area contributed by atoms with Crippen molar-refractivity contribution in [1.82, 2.24) is 4.90 Å². The molecule has 0 saturated carbocycles. The first-order chi connectivity index (χ1) is 7.43. The number of amides is 1. The lowest BCUT2D eigenvalue weighted by Crippen LogP contribution is -2.25. The molecule has 5 heteroatoms. The molecule has 0 heterocycles. The lowest BCUT2D eigenvalue weighted by atomic mass is 10.1. The van der Waals surface area contributed by atoms with E-state index in [0.717, 1.165) is 0 Å². The van der Waals surface area contributed by atoms with Crippen molar-refractivity contribution in [2.75, 3.05) is 14.1 Å². The van der Waals surface area contributed by atoms with Crippen LogP contribution in [0.3, 0.4) is 0 Å². The molecular formula is C11H12ClF2NO. The maximum absolute atomic E-state index is 12.4. The van der Waals surface area contributed by atoms with Gasteiger partial charge < -0.3 is 4.90 Å². The fourth-order valence-electron chi connectivity index (χ4n) is 1.22. The molecule has 1 aromatic carbocycles. The highest BCUT2D eigenvalue weighted by molar-refractivity contribution is 6.30. The fraction of sp³-hybridized carbons (Fsp3) is 0.364. The summed E-state index contributed by atoms with van der Waals surface area (Å²) in [5.41, 5.74) is 0.257. The van der Waals surface area contributed by atoms with Crippen LogP contribution in [0.25, 0.3) is 0 Å². The fourth-order valence-corrected chi connectivity index (χ4v) is 1.55. The van der Waals surface area contributed by atoms with E-state index in [4.69, 9.17) is 11.6 Å². The normalized spacial score (nSPS) is 12.6. The lowest BCUT2D eigenvalue weighted by molar-refractivity contribution is -0.128. The summed E-state index contributed by atoms with van der Waals surface area (Å²) in [6.45, 7) is 0. The Labute approximate surface area is 97.8 Å². The third kappa shape index (κ3) is 2.92. The van der Waals surface area contributed by atoms with Crippen LogP contribution in [0.15, 0.2) is 24.3 Å². The highest BCUT2D eigenvalue weighted by atomic mass is 35.5. The topological polar surface area (TPSA) is 20.3 Å². The Kier molecular flexibility index (Phi) is 4.24. The van der Waals surface area contributed by atoms with E-state index in [1.54, 1.807) is 20.2 Å². The van der Waals surface area contributed by atoms with Crippen molar-refractivity contribution in [3.8, 4) is 0 Å². The van der Waals surface area contributed by atoms with Crippen LogP contribution in [0.4, 0.5) is 8.78 Å². The van der Waals surface area contributed by atoms with Gasteiger partial charge in [-0.05, 0) is 11.6 Å². The zero-order valence-electron chi connectivity index (χ0n) is 8.95. The molecule has 0 bridgehead atoms. The number of alkyl halides is 3. The SMILES string of the molecule is CN(C)C(=O)C(Cl)c1cccc(C(F)F)c1. The Bertz CT molecular complexity index is 382. The van der Waals surface area contributed by atoms with E-state index in [2.05, 4.69) is 0 Å². The minimum absolute atomic E-state index is 0.130. The lowest BCUT2D eigenvalue weighted by Gasteiger charge is -2.15. The molecular weight excluding hydrogens is 236 g/mol. The van der Waals surface area contributed by atoms with Crippen molar-refractivity contribution in [1.29, 1.82) is 0 Å². The summed E-state index contributed by atoms with van der Waals surface area (Å²) in [6, 6.07) is 5.59. The van der Waals surface area contributed by atoms with Gasteiger partial charge in [-0.1, -0.05) is 18.2 Å². The number of carbonyl (C=O) groups excluding carboxylic acids is 1. The van der Waals surface area contributed by atoms with Gasteiger partial charge in [0.1, 0.15) is 5.38 Å². The summed E-state index contributed by atoms with van der Waals surface area (Å²) in [5, 5.41) is -0.923. The molecule has 0 aliphatic rings. The summed E-state index contributed by atoms with van der Waals surface area (Å²) >= 11 is 5.89. The van der Waals surface area contributed by atoms with Gasteiger partial charge in [-0.2, -0.15) is 0 Å². The molecule has 88 valence electrons. The largest absolute Gasteiger partial charge is 0.347 e. The average molecular weight is 248 g/mol. The molecule has 0 aliphatic carbocycles. The van der Waals surface area contributed by atoms with E-state index >= 15 is 0 Å². The van der Waals surface area contributed by atoms with Crippen molar-refractivity contribution in [2.45, 2.75) is 11.8 Å². The molecule has 0 N–H and O–H groups in total. The first kappa shape index (κ1) is 12.9. The number of nitrogens with zero attached hydrogens (tertiary/aromatic N) is 1. The second kappa shape index (κ2) is 5.25. The molecule has 1 aromatic rings. The van der Waals surface area contributed by atoms with Gasteiger partial charge in [-0.15, -0.1) is 11.6 Å². The molecule has 1 atom stereocenters. The van der Waals surface area contributed by atoms with Crippen molar-refractivity contribution in [3.05, 3.63) is 35.4 Å². The van der Waals surface area contributed by atoms with Crippen molar-refractivity contribution in [2.24, 2.45) is 0 Å². The molecule has 1 amide bonds. The Balaban J connectivity index is 2.96. The Morgan fingerprint density at radius 3 is 2.38 bits per heavy atom. The Morgan fingerprint density at radius 1 is 1.31 bits per heavy atom. The van der Waals surface area contributed by atoms with Crippen LogP contribution in [0, 0.1) is 0 Å². The number of carbonyl (C=O) groups is 1. The van der Waals surface area contributed by atoms with E-state index in [1.165, 1.54) is 23.1 Å². The minimum Gasteiger partial charge on any atom is -0.347 e. The zero-order chi connectivity index (χ0) is 12.3. The number of hydrogen-bond acceptors (Lipinski definition) is 1. The maximum Gasteiger partial charge on any atom is 0.263 e. The van der Waals surface area contributed by atoms with Crippen molar-refractivity contribution >= 4 is 17.5 Å². The van der Waals surface area contributed by atoms with E-state index in [0.29, 0.717) is 5.56 Å². The average Bonchev–Trinajstić information content (AvgIpc) is 2.27. The standard InChI is InChI=1S/C11H12ClF2NO/c1-15(2)11(16)9(12)7-4-3-5-8(6-7)10(13)14/h3-6,9-10H,1-2H3. The van der Waals surface area contributed by atoms with Crippen LogP contribution in [0.5, 0.6) is 0 Å². The second-order valence-corrected chi connectivity index (χ2v) is 4.00. The number of hydrogen-bond donors (Lipinski definition) is 0. The Morgan fingerprint density at radius 2 is 1.88 bits per heavy atom. The quantitative estimate of drug-likeness (QED) is 0.752. The number of likely N-dealkylation sites (N-methyl/N-ethyl adjacent to an activating group) is 1. The molecule has 0 saturated heterocycles. The van der Waals surface area contributed by atoms with Crippen molar-refractivity contribution < 1.29 is 13.6 Å². The van der Waals surface area contributed by atoms with Gasteiger partial charge >= 0.3 is 0 Å². The first-order valence-corrected chi connectivity index (χ1v) is 5.10. The highest BCUT2D eigenvalue weighted by Crippen LogP contribution is 2.26. The van der Waals surface area contributed by atoms with Gasteiger partial charge in [-0.3, -0.25) is 4.79 Å². The van der Waals surface area contributed by atoms with Gasteiger partial charge in [-0.25, -0.2) is 8.78 Å². The number of benzene rings is 1. The van der Waals surface area contributed by atoms with E-state index in [9.17, 15) is 13.6 Å². The monoisotopic (exact) mass is 247 g/mol. The summed E-state index contributed by atoms with van der Waals surface area (Å²) in [7, 11) is 3.13. The third-order valence-electron chi connectivity index (χ3n) is 2.11. The highest BCUT2D eigenvalue weighted by Gasteiger charge is 2.20. The van der Waals surface area contributed by atoms with Crippen LogP contribution in [0.2, 0.25) is 0 Å². The predicted octanol–water partition coefficient (Wildman–Crippen LogP) is 2.99. The van der Waals surface area contributed by atoms with Crippen LogP contribution in [-0.2, 0) is 4.79 Å². The molecule has 0 aliphatic heterocycles. The first-order valence-electron chi connectivity index (χ1n) is 4.66. The molecule has 0 fully saturated rings. The number of rotatable bonds is 3. The smallest absolute Gasteiger partial charge is 0.263 e. The molecule has 0 radical (unpaired) electrons. The molecule has 2 nitrogen and oxygen atoms in total. The third-order valence-corrected chi connectivity index (χ3v) is 2.55. The van der Waals surface area contributed by atoms with Gasteiger partial charge in [0.15, 0.2) is 0 Å². The number of halogens is 3. The van der Waals surface area contributed by atoms with Gasteiger partial charge in [0, 0.05) is 19.7 Å². The van der Waals surface area contributed by atoms with E-state index in [1.807, 2.05) is 0 Å². The van der Waals surface area contributed by atoms with Crippen LogP contribution in [-0.4, -0.2) is 24.9 Å². The van der Waals surface area contributed by atoms with E-state index in [-0.39, 0.29) is 11.5 Å². The molecule has 1 unspecified atom stereocenters. The Hall–Kier alpha value is -1.16. The minimum atomic E-state index is -2.56. The summed E-state index contributed by atoms with van der Waals surface area (Å²) < 4.78 is 24.9. The van der Waals surface area contributed by atoms with Gasteiger partial charge in [0.05, 0.1) is 0 Å². The van der Waals surface area contributed by atoms with Crippen LogP contribution < -0.4 is 0 Å². The van der Waals surface area contributed by atoms with Gasteiger partial charge in [0.2, 0.25) is 5.91 Å². The maximum atomic E-state index is 12.4. The summed E-state index contributed by atoms with van der Waals surface area (Å²) in [4.78, 5) is 12.9. The summed E-state index contributed by atoms with van der Waals surface area (Å²) in [5.74, 6) is -0.326. The predicted molar refractivity (Wildman–Crippen MR) is 58.7 cm³/mol.